The molecule has 0 fully saturated rings. The lowest BCUT2D eigenvalue weighted by atomic mass is 10.1. The van der Waals surface area contributed by atoms with Crippen LogP contribution >= 0.6 is 0 Å². The summed E-state index contributed by atoms with van der Waals surface area (Å²) in [4.78, 5) is 12.6. The van der Waals surface area contributed by atoms with Crippen molar-refractivity contribution in [2.75, 3.05) is 13.2 Å². The molecule has 1 N–H and O–H groups in total. The molecule has 0 aliphatic rings. The van der Waals surface area contributed by atoms with E-state index < -0.39 is 6.10 Å². The molecule has 0 aliphatic heterocycles. The summed E-state index contributed by atoms with van der Waals surface area (Å²) < 4.78 is 11.8. The van der Waals surface area contributed by atoms with Crippen molar-refractivity contribution in [3.05, 3.63) is 71.8 Å². The Morgan fingerprint density at radius 3 is 2.61 bits per heavy atom. The number of amides is 1. The van der Waals surface area contributed by atoms with Gasteiger partial charge in [-0.2, -0.15) is 0 Å². The van der Waals surface area contributed by atoms with Gasteiger partial charge in [0.05, 0.1) is 6.54 Å². The maximum atomic E-state index is 12.6. The van der Waals surface area contributed by atoms with Crippen molar-refractivity contribution in [3.8, 4) is 11.5 Å². The Morgan fingerprint density at radius 1 is 1.00 bits per heavy atom. The topological polar surface area (TPSA) is 47.6 Å². The number of carbonyl (C=O) groups is 1. The largest absolute Gasteiger partial charge is 0.491 e. The van der Waals surface area contributed by atoms with Gasteiger partial charge in [0.2, 0.25) is 0 Å². The van der Waals surface area contributed by atoms with Crippen LogP contribution in [-0.4, -0.2) is 25.2 Å². The van der Waals surface area contributed by atoms with Crippen molar-refractivity contribution in [1.82, 2.24) is 5.32 Å². The van der Waals surface area contributed by atoms with Crippen LogP contribution in [0.1, 0.15) is 24.5 Å². The van der Waals surface area contributed by atoms with Gasteiger partial charge in [-0.05, 0) is 48.9 Å². The number of nitrogens with one attached hydrogen (secondary N) is 1. The minimum atomic E-state index is -0.536. The zero-order valence-corrected chi connectivity index (χ0v) is 16.7. The second kappa shape index (κ2) is 9.27. The van der Waals surface area contributed by atoms with Crippen LogP contribution < -0.4 is 14.8 Å². The van der Waals surface area contributed by atoms with Gasteiger partial charge in [-0.3, -0.25) is 4.79 Å². The van der Waals surface area contributed by atoms with E-state index in [1.54, 1.807) is 0 Å². The molecular formula is C24H27NO3. The van der Waals surface area contributed by atoms with Crippen molar-refractivity contribution in [1.29, 1.82) is 0 Å². The molecule has 0 saturated heterocycles. The third kappa shape index (κ3) is 4.83. The molecule has 1 atom stereocenters. The summed E-state index contributed by atoms with van der Waals surface area (Å²) >= 11 is 0. The molecule has 0 aliphatic carbocycles. The second-order valence-corrected chi connectivity index (χ2v) is 6.90. The summed E-state index contributed by atoms with van der Waals surface area (Å²) in [5, 5.41) is 5.02. The lowest BCUT2D eigenvalue weighted by molar-refractivity contribution is -0.128. The number of aryl methyl sites for hydroxylation is 2. The van der Waals surface area contributed by atoms with E-state index in [2.05, 4.69) is 11.4 Å². The first-order valence-electron chi connectivity index (χ1n) is 9.70. The minimum Gasteiger partial charge on any atom is -0.491 e. The first-order chi connectivity index (χ1) is 13.6. The van der Waals surface area contributed by atoms with E-state index in [4.69, 9.17) is 9.47 Å². The van der Waals surface area contributed by atoms with Crippen LogP contribution in [0.4, 0.5) is 0 Å². The normalized spacial score (nSPS) is 11.8. The fourth-order valence-corrected chi connectivity index (χ4v) is 3.09. The molecule has 0 radical (unpaired) electrons. The van der Waals surface area contributed by atoms with Crippen molar-refractivity contribution >= 4 is 16.7 Å². The number of benzene rings is 3. The lowest BCUT2D eigenvalue weighted by Gasteiger charge is -2.19. The summed E-state index contributed by atoms with van der Waals surface area (Å²) in [5.41, 5.74) is 2.24. The fourth-order valence-electron chi connectivity index (χ4n) is 3.09. The van der Waals surface area contributed by atoms with Crippen LogP contribution in [0, 0.1) is 13.8 Å². The highest BCUT2D eigenvalue weighted by Crippen LogP contribution is 2.26. The van der Waals surface area contributed by atoms with Crippen molar-refractivity contribution in [2.24, 2.45) is 0 Å². The van der Waals surface area contributed by atoms with E-state index in [0.717, 1.165) is 33.4 Å². The number of hydrogen-bond donors (Lipinski definition) is 1. The molecule has 0 spiro atoms. The molecular weight excluding hydrogens is 350 g/mol. The highest BCUT2D eigenvalue weighted by Gasteiger charge is 2.19. The molecule has 0 bridgehead atoms. The molecule has 3 aromatic carbocycles. The predicted octanol–water partition coefficient (Wildman–Crippen LogP) is 4.81. The van der Waals surface area contributed by atoms with Crippen LogP contribution in [0.5, 0.6) is 11.5 Å². The van der Waals surface area contributed by atoms with Crippen molar-refractivity contribution in [2.45, 2.75) is 33.3 Å². The van der Waals surface area contributed by atoms with Gasteiger partial charge in [0.25, 0.3) is 5.91 Å². The van der Waals surface area contributed by atoms with E-state index in [-0.39, 0.29) is 5.91 Å². The Bertz CT molecular complexity index is 946. The van der Waals surface area contributed by atoms with Crippen LogP contribution in [0.15, 0.2) is 60.7 Å². The first kappa shape index (κ1) is 19.7. The van der Waals surface area contributed by atoms with Gasteiger partial charge >= 0.3 is 0 Å². The summed E-state index contributed by atoms with van der Waals surface area (Å²) in [6, 6.07) is 20.0. The van der Waals surface area contributed by atoms with E-state index in [1.165, 1.54) is 0 Å². The Hall–Kier alpha value is -3.01. The Morgan fingerprint density at radius 2 is 1.79 bits per heavy atom. The minimum absolute atomic E-state index is 0.125. The molecule has 0 heterocycles. The molecule has 1 amide bonds. The van der Waals surface area contributed by atoms with Gasteiger partial charge in [-0.25, -0.2) is 0 Å². The molecule has 28 heavy (non-hydrogen) atoms. The first-order valence-corrected chi connectivity index (χ1v) is 9.70. The summed E-state index contributed by atoms with van der Waals surface area (Å²) in [6.45, 7) is 6.84. The van der Waals surface area contributed by atoms with E-state index >= 15 is 0 Å². The summed E-state index contributed by atoms with van der Waals surface area (Å²) in [7, 11) is 0. The van der Waals surface area contributed by atoms with Crippen LogP contribution in [0.2, 0.25) is 0 Å². The summed E-state index contributed by atoms with van der Waals surface area (Å²) in [6.07, 6.45) is 0.0545. The maximum Gasteiger partial charge on any atom is 0.261 e. The Labute approximate surface area is 166 Å². The molecule has 3 aromatic rings. The maximum absolute atomic E-state index is 12.6. The third-order valence-corrected chi connectivity index (χ3v) is 4.68. The zero-order chi connectivity index (χ0) is 19.9. The van der Waals surface area contributed by atoms with E-state index in [9.17, 15) is 4.79 Å². The van der Waals surface area contributed by atoms with Crippen LogP contribution in [0.3, 0.4) is 0 Å². The van der Waals surface area contributed by atoms with Gasteiger partial charge in [0, 0.05) is 5.39 Å². The fraction of sp³-hybridized carbons (Fsp3) is 0.292. The van der Waals surface area contributed by atoms with Crippen molar-refractivity contribution in [3.63, 3.8) is 0 Å². The molecule has 3 rings (SSSR count). The van der Waals surface area contributed by atoms with Gasteiger partial charge in [0.15, 0.2) is 6.10 Å². The lowest BCUT2D eigenvalue weighted by Crippen LogP contribution is -2.39. The number of ether oxygens (including phenoxy) is 2. The number of rotatable bonds is 8. The average Bonchev–Trinajstić information content (AvgIpc) is 2.71. The molecule has 0 aromatic heterocycles. The Kier molecular flexibility index (Phi) is 6.53. The highest BCUT2D eigenvalue weighted by atomic mass is 16.5. The van der Waals surface area contributed by atoms with Gasteiger partial charge in [-0.1, -0.05) is 55.5 Å². The highest BCUT2D eigenvalue weighted by molar-refractivity contribution is 5.89. The standard InChI is InChI=1S/C24H27NO3/c1-4-21(28-22-11-7-9-19-8-5-6-10-20(19)22)24(26)25-14-15-27-23-16-17(2)12-13-18(23)3/h5-13,16,21H,4,14-15H2,1-3H3,(H,25,26)/t21-/m1/s1. The molecule has 0 unspecified atom stereocenters. The van der Waals surface area contributed by atoms with Crippen LogP contribution in [0.25, 0.3) is 10.8 Å². The van der Waals surface area contributed by atoms with E-state index in [0.29, 0.717) is 19.6 Å². The zero-order valence-electron chi connectivity index (χ0n) is 16.7. The van der Waals surface area contributed by atoms with E-state index in [1.807, 2.05) is 75.4 Å². The number of hydrogen-bond acceptors (Lipinski definition) is 3. The van der Waals surface area contributed by atoms with Crippen LogP contribution in [-0.2, 0) is 4.79 Å². The smallest absolute Gasteiger partial charge is 0.261 e. The third-order valence-electron chi connectivity index (χ3n) is 4.68. The number of carbonyl (C=O) groups excluding carboxylic acids is 1. The second-order valence-electron chi connectivity index (χ2n) is 6.90. The monoisotopic (exact) mass is 377 g/mol. The van der Waals surface area contributed by atoms with Gasteiger partial charge in [0.1, 0.15) is 18.1 Å². The van der Waals surface area contributed by atoms with Gasteiger partial charge < -0.3 is 14.8 Å². The predicted molar refractivity (Wildman–Crippen MR) is 113 cm³/mol. The summed E-state index contributed by atoms with van der Waals surface area (Å²) in [5.74, 6) is 1.46. The molecule has 4 heteroatoms. The quantitative estimate of drug-likeness (QED) is 0.573. The molecule has 4 nitrogen and oxygen atoms in total. The molecule has 0 saturated carbocycles. The molecule has 146 valence electrons. The Balaban J connectivity index is 1.55. The number of fused-ring (bicyclic) bond motifs is 1. The van der Waals surface area contributed by atoms with Crippen molar-refractivity contribution < 1.29 is 14.3 Å². The van der Waals surface area contributed by atoms with Gasteiger partial charge in [-0.15, -0.1) is 0 Å². The average molecular weight is 377 g/mol. The SMILES string of the molecule is CC[C@@H](Oc1cccc2ccccc12)C(=O)NCCOc1cc(C)ccc1C.